The van der Waals surface area contributed by atoms with Gasteiger partial charge in [0.1, 0.15) is 0 Å². The summed E-state index contributed by atoms with van der Waals surface area (Å²) < 4.78 is 1.06. The van der Waals surface area contributed by atoms with Crippen LogP contribution in [0.2, 0.25) is 0 Å². The highest BCUT2D eigenvalue weighted by Gasteiger charge is 2.01. The molecule has 1 heterocycles. The lowest BCUT2D eigenvalue weighted by atomic mass is 10.3. The number of rotatable bonds is 4. The molecule has 0 saturated carbocycles. The molecule has 17 heavy (non-hydrogen) atoms. The van der Waals surface area contributed by atoms with Gasteiger partial charge in [0.05, 0.1) is 0 Å². The average molecular weight is 310 g/mol. The van der Waals surface area contributed by atoms with Crippen molar-refractivity contribution < 1.29 is 0 Å². The van der Waals surface area contributed by atoms with Gasteiger partial charge >= 0.3 is 0 Å². The smallest absolute Gasteiger partial charge is 0.192 e. The Labute approximate surface area is 113 Å². The van der Waals surface area contributed by atoms with Crippen LogP contribution in [0.1, 0.15) is 5.56 Å². The zero-order valence-electron chi connectivity index (χ0n) is 9.35. The van der Waals surface area contributed by atoms with Crippen LogP contribution in [0.15, 0.2) is 51.2 Å². The lowest BCUT2D eigenvalue weighted by Gasteiger charge is -2.02. The summed E-state index contributed by atoms with van der Waals surface area (Å²) in [5.41, 5.74) is 1.09. The molecule has 1 N–H and O–H groups in total. The summed E-state index contributed by atoms with van der Waals surface area (Å²) in [4.78, 5) is 9.76. The Morgan fingerprint density at radius 3 is 2.71 bits per heavy atom. The van der Waals surface area contributed by atoms with Gasteiger partial charge in [-0.2, -0.15) is 0 Å². The maximum absolute atomic E-state index is 4.32. The van der Waals surface area contributed by atoms with Crippen molar-refractivity contribution in [2.45, 2.75) is 16.6 Å². The van der Waals surface area contributed by atoms with E-state index in [0.29, 0.717) is 0 Å². The molecule has 0 fully saturated rings. The fraction of sp³-hybridized carbons (Fsp3) is 0.167. The molecular formula is C12H12BrN3S. The van der Waals surface area contributed by atoms with Crippen LogP contribution in [0.5, 0.6) is 0 Å². The first kappa shape index (κ1) is 12.5. The minimum atomic E-state index is 0.767. The Kier molecular flexibility index (Phi) is 4.53. The van der Waals surface area contributed by atoms with Crippen molar-refractivity contribution in [2.75, 3.05) is 7.05 Å². The van der Waals surface area contributed by atoms with Crippen molar-refractivity contribution in [3.8, 4) is 0 Å². The molecule has 0 aliphatic carbocycles. The molecule has 0 aliphatic heterocycles. The van der Waals surface area contributed by atoms with E-state index in [1.54, 1.807) is 11.8 Å². The first-order chi connectivity index (χ1) is 8.28. The number of aromatic nitrogens is 2. The molecule has 0 saturated heterocycles. The third-order valence-electron chi connectivity index (χ3n) is 2.07. The molecule has 88 valence electrons. The van der Waals surface area contributed by atoms with Crippen molar-refractivity contribution in [1.29, 1.82) is 0 Å². The quantitative estimate of drug-likeness (QED) is 0.881. The van der Waals surface area contributed by atoms with E-state index in [4.69, 9.17) is 0 Å². The molecule has 0 atom stereocenters. The predicted octanol–water partition coefficient (Wildman–Crippen LogP) is 3.11. The van der Waals surface area contributed by atoms with Crippen LogP contribution in [0.25, 0.3) is 0 Å². The summed E-state index contributed by atoms with van der Waals surface area (Å²) in [6, 6.07) is 8.10. The van der Waals surface area contributed by atoms with Crippen LogP contribution < -0.4 is 5.32 Å². The van der Waals surface area contributed by atoms with Crippen molar-refractivity contribution >= 4 is 27.7 Å². The van der Waals surface area contributed by atoms with Crippen molar-refractivity contribution in [1.82, 2.24) is 15.3 Å². The molecular weight excluding hydrogens is 298 g/mol. The fourth-order valence-electron chi connectivity index (χ4n) is 1.33. The van der Waals surface area contributed by atoms with E-state index in [0.717, 1.165) is 26.6 Å². The second-order valence-corrected chi connectivity index (χ2v) is 5.42. The SMILES string of the molecule is CNCc1cnc(Sc2cccc(Br)c2)nc1. The van der Waals surface area contributed by atoms with E-state index in [1.807, 2.05) is 37.6 Å². The normalized spacial score (nSPS) is 10.5. The molecule has 0 aliphatic rings. The number of halogens is 1. The highest BCUT2D eigenvalue weighted by atomic mass is 79.9. The minimum absolute atomic E-state index is 0.767. The van der Waals surface area contributed by atoms with Gasteiger partial charge in [0.2, 0.25) is 0 Å². The van der Waals surface area contributed by atoms with Crippen LogP contribution in [0.3, 0.4) is 0 Å². The Morgan fingerprint density at radius 2 is 2.06 bits per heavy atom. The molecule has 2 aromatic rings. The van der Waals surface area contributed by atoms with Crippen LogP contribution in [0.4, 0.5) is 0 Å². The van der Waals surface area contributed by atoms with Gasteiger partial charge in [-0.05, 0) is 37.0 Å². The second-order valence-electron chi connectivity index (χ2n) is 3.46. The van der Waals surface area contributed by atoms with E-state index in [-0.39, 0.29) is 0 Å². The molecule has 2 rings (SSSR count). The number of hydrogen-bond acceptors (Lipinski definition) is 4. The predicted molar refractivity (Wildman–Crippen MR) is 73.1 cm³/mol. The third-order valence-corrected chi connectivity index (χ3v) is 3.44. The molecule has 0 unspecified atom stereocenters. The lowest BCUT2D eigenvalue weighted by molar-refractivity contribution is 0.793. The lowest BCUT2D eigenvalue weighted by Crippen LogP contribution is -2.05. The van der Waals surface area contributed by atoms with Gasteiger partial charge in [0.15, 0.2) is 5.16 Å². The maximum atomic E-state index is 4.32. The molecule has 5 heteroatoms. The fourth-order valence-corrected chi connectivity index (χ4v) is 2.63. The topological polar surface area (TPSA) is 37.8 Å². The van der Waals surface area contributed by atoms with Gasteiger partial charge in [-0.25, -0.2) is 9.97 Å². The van der Waals surface area contributed by atoms with Crippen LogP contribution in [-0.4, -0.2) is 17.0 Å². The summed E-state index contributed by atoms with van der Waals surface area (Å²) in [7, 11) is 1.91. The van der Waals surface area contributed by atoms with Gasteiger partial charge in [-0.1, -0.05) is 22.0 Å². The number of hydrogen-bond donors (Lipinski definition) is 1. The van der Waals surface area contributed by atoms with Crippen LogP contribution in [-0.2, 0) is 6.54 Å². The van der Waals surface area contributed by atoms with Crippen LogP contribution in [0, 0.1) is 0 Å². The van der Waals surface area contributed by atoms with E-state index in [2.05, 4.69) is 37.3 Å². The summed E-state index contributed by atoms with van der Waals surface area (Å²) >= 11 is 5.00. The average Bonchev–Trinajstić information content (AvgIpc) is 2.32. The van der Waals surface area contributed by atoms with Gasteiger partial charge in [-0.3, -0.25) is 0 Å². The van der Waals surface area contributed by atoms with Gasteiger partial charge in [0.25, 0.3) is 0 Å². The van der Waals surface area contributed by atoms with Crippen molar-refractivity contribution in [2.24, 2.45) is 0 Å². The molecule has 0 radical (unpaired) electrons. The molecule has 1 aromatic carbocycles. The maximum Gasteiger partial charge on any atom is 0.192 e. The largest absolute Gasteiger partial charge is 0.316 e. The first-order valence-corrected chi connectivity index (χ1v) is 6.78. The zero-order chi connectivity index (χ0) is 12.1. The van der Waals surface area contributed by atoms with Gasteiger partial charge in [-0.15, -0.1) is 0 Å². The Morgan fingerprint density at radius 1 is 1.29 bits per heavy atom. The molecule has 0 amide bonds. The molecule has 0 bridgehead atoms. The van der Waals surface area contributed by atoms with E-state index in [9.17, 15) is 0 Å². The standard InChI is InChI=1S/C12H12BrN3S/c1-14-6-9-7-15-12(16-8-9)17-11-4-2-3-10(13)5-11/h2-5,7-8,14H,6H2,1H3. The van der Waals surface area contributed by atoms with E-state index < -0.39 is 0 Å². The summed E-state index contributed by atoms with van der Waals surface area (Å²) in [5.74, 6) is 0. The third kappa shape index (κ3) is 3.80. The Balaban J connectivity index is 2.08. The van der Waals surface area contributed by atoms with Gasteiger partial charge < -0.3 is 5.32 Å². The zero-order valence-corrected chi connectivity index (χ0v) is 11.8. The molecule has 1 aromatic heterocycles. The minimum Gasteiger partial charge on any atom is -0.316 e. The number of nitrogens with zero attached hydrogens (tertiary/aromatic N) is 2. The summed E-state index contributed by atoms with van der Waals surface area (Å²) in [6.07, 6.45) is 3.70. The van der Waals surface area contributed by atoms with Gasteiger partial charge in [0, 0.05) is 33.9 Å². The summed E-state index contributed by atoms with van der Waals surface area (Å²) in [5, 5.41) is 3.83. The van der Waals surface area contributed by atoms with E-state index in [1.165, 1.54) is 0 Å². The van der Waals surface area contributed by atoms with Crippen LogP contribution >= 0.6 is 27.7 Å². The van der Waals surface area contributed by atoms with Crippen molar-refractivity contribution in [3.05, 3.63) is 46.7 Å². The number of nitrogens with one attached hydrogen (secondary N) is 1. The second kappa shape index (κ2) is 6.14. The summed E-state index contributed by atoms with van der Waals surface area (Å²) in [6.45, 7) is 0.793. The van der Waals surface area contributed by atoms with E-state index >= 15 is 0 Å². The number of benzene rings is 1. The Bertz CT molecular complexity index is 487. The monoisotopic (exact) mass is 309 g/mol. The molecule has 0 spiro atoms. The highest BCUT2D eigenvalue weighted by Crippen LogP contribution is 2.26. The highest BCUT2D eigenvalue weighted by molar-refractivity contribution is 9.10. The Hall–Kier alpha value is -0.910. The van der Waals surface area contributed by atoms with Crippen molar-refractivity contribution in [3.63, 3.8) is 0 Å². The molecule has 3 nitrogen and oxygen atoms in total. The first-order valence-electron chi connectivity index (χ1n) is 5.17.